The van der Waals surface area contributed by atoms with Crippen LogP contribution in [0.5, 0.6) is 0 Å². The van der Waals surface area contributed by atoms with E-state index < -0.39 is 0 Å². The summed E-state index contributed by atoms with van der Waals surface area (Å²) in [7, 11) is 2.14. The Labute approximate surface area is 182 Å². The van der Waals surface area contributed by atoms with Gasteiger partial charge < -0.3 is 10.2 Å². The molecule has 1 aliphatic heterocycles. The molecule has 1 saturated heterocycles. The third kappa shape index (κ3) is 3.90. The molecule has 31 heavy (non-hydrogen) atoms. The van der Waals surface area contributed by atoms with E-state index in [4.69, 9.17) is 0 Å². The number of benzene rings is 1. The van der Waals surface area contributed by atoms with Crippen LogP contribution in [0.2, 0.25) is 0 Å². The fourth-order valence-corrected chi connectivity index (χ4v) is 5.02. The molecule has 3 heterocycles. The van der Waals surface area contributed by atoms with Gasteiger partial charge in [0, 0.05) is 36.5 Å². The molecule has 0 radical (unpaired) electrons. The molecule has 0 saturated carbocycles. The number of anilines is 1. The topological polar surface area (TPSA) is 78.8 Å². The minimum absolute atomic E-state index is 0.156. The second kappa shape index (κ2) is 7.64. The summed E-state index contributed by atoms with van der Waals surface area (Å²) in [6.07, 6.45) is 6.54. The highest BCUT2D eigenvalue weighted by molar-refractivity contribution is 6.03. The van der Waals surface area contributed by atoms with E-state index >= 15 is 0 Å². The number of aromatic amines is 1. The number of hydrogen-bond acceptors (Lipinski definition) is 4. The zero-order chi connectivity index (χ0) is 21.6. The van der Waals surface area contributed by atoms with E-state index in [-0.39, 0.29) is 17.4 Å². The molecule has 3 aromatic rings. The molecule has 2 aromatic heterocycles. The second-order valence-electron chi connectivity index (χ2n) is 9.87. The van der Waals surface area contributed by atoms with Crippen molar-refractivity contribution in [2.75, 3.05) is 25.5 Å². The summed E-state index contributed by atoms with van der Waals surface area (Å²) in [5, 5.41) is 15.1. The van der Waals surface area contributed by atoms with Gasteiger partial charge in [-0.25, -0.2) is 0 Å². The largest absolute Gasteiger partial charge is 0.318 e. The Kier molecular flexibility index (Phi) is 4.93. The number of amides is 1. The Morgan fingerprint density at radius 2 is 2.03 bits per heavy atom. The van der Waals surface area contributed by atoms with Gasteiger partial charge in [-0.3, -0.25) is 14.6 Å². The molecule has 2 aliphatic rings. The van der Waals surface area contributed by atoms with Gasteiger partial charge in [0.15, 0.2) is 5.69 Å². The second-order valence-corrected chi connectivity index (χ2v) is 9.87. The van der Waals surface area contributed by atoms with Gasteiger partial charge in [0.1, 0.15) is 0 Å². The molecule has 7 nitrogen and oxygen atoms in total. The Balaban J connectivity index is 1.35. The maximum atomic E-state index is 13.0. The maximum absolute atomic E-state index is 13.0. The van der Waals surface area contributed by atoms with Gasteiger partial charge in [-0.1, -0.05) is 44.2 Å². The third-order valence-corrected chi connectivity index (χ3v) is 6.70. The standard InChI is InChI=1S/C24H30N6O/c1-24(2)10-9-19-20(11-24)27-28-21(19)23(31)26-18-12-25-30(15-18)22(17-13-29(3)14-17)16-7-5-4-6-8-16/h4-8,12,15,17,22H,9-11,13-14H2,1-3H3,(H,26,31)(H,27,28). The first-order valence-electron chi connectivity index (χ1n) is 11.0. The fraction of sp³-hybridized carbons (Fsp3) is 0.458. The Bertz CT molecular complexity index is 1080. The zero-order valence-electron chi connectivity index (χ0n) is 18.4. The minimum Gasteiger partial charge on any atom is -0.318 e. The van der Waals surface area contributed by atoms with E-state index in [1.165, 1.54) is 5.56 Å². The number of nitrogens with one attached hydrogen (secondary N) is 2. The molecule has 7 heteroatoms. The first-order chi connectivity index (χ1) is 14.9. The number of H-pyrrole nitrogens is 1. The van der Waals surface area contributed by atoms with Crippen LogP contribution in [-0.4, -0.2) is 50.9 Å². The van der Waals surface area contributed by atoms with Crippen molar-refractivity contribution in [3.8, 4) is 0 Å². The molecule has 1 atom stereocenters. The monoisotopic (exact) mass is 418 g/mol. The van der Waals surface area contributed by atoms with Crippen LogP contribution in [0, 0.1) is 11.3 Å². The predicted octanol–water partition coefficient (Wildman–Crippen LogP) is 3.52. The number of rotatable bonds is 5. The summed E-state index contributed by atoms with van der Waals surface area (Å²) >= 11 is 0. The smallest absolute Gasteiger partial charge is 0.276 e. The van der Waals surface area contributed by atoms with Gasteiger partial charge in [0.2, 0.25) is 0 Å². The van der Waals surface area contributed by atoms with E-state index in [0.717, 1.165) is 43.6 Å². The van der Waals surface area contributed by atoms with Crippen molar-refractivity contribution in [1.82, 2.24) is 24.9 Å². The number of likely N-dealkylation sites (tertiary alicyclic amines) is 1. The average Bonchev–Trinajstić information content (AvgIpc) is 3.33. The SMILES string of the molecule is CN1CC(C(c2ccccc2)n2cc(NC(=O)c3n[nH]c4c3CCC(C)(C)C4)cn2)C1. The number of fused-ring (bicyclic) bond motifs is 1. The van der Waals surface area contributed by atoms with Crippen molar-refractivity contribution in [1.29, 1.82) is 0 Å². The number of hydrogen-bond donors (Lipinski definition) is 2. The first kappa shape index (κ1) is 20.0. The molecule has 1 unspecified atom stereocenters. The van der Waals surface area contributed by atoms with E-state index in [0.29, 0.717) is 17.3 Å². The summed E-state index contributed by atoms with van der Waals surface area (Å²) in [6, 6.07) is 10.6. The summed E-state index contributed by atoms with van der Waals surface area (Å²) in [5.41, 5.74) is 4.85. The van der Waals surface area contributed by atoms with Crippen molar-refractivity contribution in [2.24, 2.45) is 11.3 Å². The van der Waals surface area contributed by atoms with Crippen molar-refractivity contribution in [2.45, 2.75) is 39.2 Å². The van der Waals surface area contributed by atoms with Crippen LogP contribution in [0.1, 0.15) is 53.6 Å². The van der Waals surface area contributed by atoms with E-state index in [1.54, 1.807) is 6.20 Å². The van der Waals surface area contributed by atoms with Gasteiger partial charge in [-0.2, -0.15) is 10.2 Å². The number of aromatic nitrogens is 4. The molecule has 1 amide bonds. The Hall–Kier alpha value is -2.93. The Morgan fingerprint density at radius 1 is 1.26 bits per heavy atom. The van der Waals surface area contributed by atoms with Crippen LogP contribution in [-0.2, 0) is 12.8 Å². The van der Waals surface area contributed by atoms with Crippen molar-refractivity contribution >= 4 is 11.6 Å². The molecule has 1 aliphatic carbocycles. The van der Waals surface area contributed by atoms with Crippen LogP contribution < -0.4 is 5.32 Å². The highest BCUT2D eigenvalue weighted by atomic mass is 16.2. The van der Waals surface area contributed by atoms with Gasteiger partial charge in [0.05, 0.1) is 17.9 Å². The zero-order valence-corrected chi connectivity index (χ0v) is 18.4. The van der Waals surface area contributed by atoms with Gasteiger partial charge in [-0.05, 0) is 37.3 Å². The van der Waals surface area contributed by atoms with Gasteiger partial charge >= 0.3 is 0 Å². The summed E-state index contributed by atoms with van der Waals surface area (Å²) in [6.45, 7) is 6.59. The quantitative estimate of drug-likeness (QED) is 0.664. The number of nitrogens with zero attached hydrogens (tertiary/aromatic N) is 4. The predicted molar refractivity (Wildman–Crippen MR) is 120 cm³/mol. The molecule has 0 bridgehead atoms. The molecule has 0 spiro atoms. The average molecular weight is 419 g/mol. The minimum atomic E-state index is -0.170. The van der Waals surface area contributed by atoms with Crippen molar-refractivity contribution in [3.05, 3.63) is 65.2 Å². The highest BCUT2D eigenvalue weighted by Gasteiger charge is 2.34. The normalized spacial score (nSPS) is 19.5. The molecular weight excluding hydrogens is 388 g/mol. The van der Waals surface area contributed by atoms with Crippen LogP contribution in [0.3, 0.4) is 0 Å². The third-order valence-electron chi connectivity index (χ3n) is 6.70. The van der Waals surface area contributed by atoms with Crippen LogP contribution >= 0.6 is 0 Å². The van der Waals surface area contributed by atoms with E-state index in [9.17, 15) is 4.79 Å². The maximum Gasteiger partial charge on any atom is 0.276 e. The lowest BCUT2D eigenvalue weighted by molar-refractivity contribution is 0.0964. The van der Waals surface area contributed by atoms with Gasteiger partial charge in [0.25, 0.3) is 5.91 Å². The molecule has 2 N–H and O–H groups in total. The number of carbonyl (C=O) groups excluding carboxylic acids is 1. The molecule has 5 rings (SSSR count). The lowest BCUT2D eigenvalue weighted by atomic mass is 9.76. The van der Waals surface area contributed by atoms with Gasteiger partial charge in [-0.15, -0.1) is 0 Å². The lowest BCUT2D eigenvalue weighted by Gasteiger charge is -2.41. The van der Waals surface area contributed by atoms with Crippen LogP contribution in [0.25, 0.3) is 0 Å². The summed E-state index contributed by atoms with van der Waals surface area (Å²) < 4.78 is 1.99. The van der Waals surface area contributed by atoms with E-state index in [1.807, 2.05) is 16.9 Å². The van der Waals surface area contributed by atoms with Crippen LogP contribution in [0.15, 0.2) is 42.7 Å². The Morgan fingerprint density at radius 3 is 2.77 bits per heavy atom. The lowest BCUT2D eigenvalue weighted by Crippen LogP contribution is -2.48. The first-order valence-corrected chi connectivity index (χ1v) is 11.0. The molecule has 1 fully saturated rings. The molecule has 162 valence electrons. The van der Waals surface area contributed by atoms with Crippen molar-refractivity contribution in [3.63, 3.8) is 0 Å². The highest BCUT2D eigenvalue weighted by Crippen LogP contribution is 2.35. The van der Waals surface area contributed by atoms with Crippen LogP contribution in [0.4, 0.5) is 5.69 Å². The summed E-state index contributed by atoms with van der Waals surface area (Å²) in [5.74, 6) is 0.328. The molecular formula is C24H30N6O. The van der Waals surface area contributed by atoms with Crippen molar-refractivity contribution < 1.29 is 4.79 Å². The summed E-state index contributed by atoms with van der Waals surface area (Å²) in [4.78, 5) is 15.3. The number of carbonyl (C=O) groups is 1. The fourth-order valence-electron chi connectivity index (χ4n) is 5.02. The van der Waals surface area contributed by atoms with E-state index in [2.05, 4.69) is 70.7 Å². The molecule has 1 aromatic carbocycles.